The molecule has 0 aliphatic carbocycles. The van der Waals surface area contributed by atoms with Crippen molar-refractivity contribution < 1.29 is 9.48 Å². The Hall–Kier alpha value is -0.0800. The van der Waals surface area contributed by atoms with Crippen LogP contribution in [0.25, 0.3) is 0 Å². The van der Waals surface area contributed by atoms with Gasteiger partial charge in [-0.05, 0) is 6.92 Å². The van der Waals surface area contributed by atoms with E-state index in [0.717, 1.165) is 12.8 Å². The predicted molar refractivity (Wildman–Crippen MR) is 48.1 cm³/mol. The van der Waals surface area contributed by atoms with Crippen molar-refractivity contribution in [2.24, 2.45) is 0 Å². The lowest BCUT2D eigenvalue weighted by molar-refractivity contribution is -1.11. The summed E-state index contributed by atoms with van der Waals surface area (Å²) < 4.78 is 0.639. The molecule has 0 spiro atoms. The van der Waals surface area contributed by atoms with E-state index in [2.05, 4.69) is 34.9 Å². The quantitative estimate of drug-likeness (QED) is 0.452. The average molecular weight is 160 g/mol. The summed E-state index contributed by atoms with van der Waals surface area (Å²) in [5.41, 5.74) is 0.245. The first-order chi connectivity index (χ1) is 4.93. The van der Waals surface area contributed by atoms with E-state index in [1.807, 2.05) is 0 Å². The van der Waals surface area contributed by atoms with Gasteiger partial charge in [-0.25, -0.2) is 4.84 Å². The van der Waals surface area contributed by atoms with E-state index in [1.165, 1.54) is 0 Å². The van der Waals surface area contributed by atoms with E-state index < -0.39 is 0 Å². The lowest BCUT2D eigenvalue weighted by atomic mass is 9.94. The van der Waals surface area contributed by atoms with Crippen molar-refractivity contribution in [2.75, 3.05) is 21.2 Å². The molecule has 0 aliphatic rings. The lowest BCUT2D eigenvalue weighted by Crippen LogP contribution is -2.56. The summed E-state index contributed by atoms with van der Waals surface area (Å²) in [7, 11) is 5.98. The molecule has 0 rings (SSSR count). The first-order valence-electron chi connectivity index (χ1n) is 4.33. The molecule has 0 heterocycles. The maximum Gasteiger partial charge on any atom is 0.125 e. The van der Waals surface area contributed by atoms with Crippen molar-refractivity contribution in [3.63, 3.8) is 0 Å². The number of nitrogens with zero attached hydrogens (tertiary/aromatic N) is 1. The van der Waals surface area contributed by atoms with Gasteiger partial charge in [-0.15, -0.1) is 0 Å². The molecule has 0 bridgehead atoms. The zero-order chi connectivity index (χ0) is 9.12. The van der Waals surface area contributed by atoms with E-state index in [-0.39, 0.29) is 5.54 Å². The van der Waals surface area contributed by atoms with Gasteiger partial charge in [0.2, 0.25) is 0 Å². The van der Waals surface area contributed by atoms with Gasteiger partial charge in [0.25, 0.3) is 0 Å². The van der Waals surface area contributed by atoms with Crippen molar-refractivity contribution in [3.05, 3.63) is 0 Å². The molecule has 11 heavy (non-hydrogen) atoms. The third-order valence-electron chi connectivity index (χ3n) is 3.28. The van der Waals surface area contributed by atoms with Crippen LogP contribution < -0.4 is 0 Å². The number of quaternary nitrogens is 1. The zero-order valence-corrected chi connectivity index (χ0v) is 8.77. The fraction of sp³-hybridized carbons (Fsp3) is 1.00. The van der Waals surface area contributed by atoms with Gasteiger partial charge in [0, 0.05) is 12.8 Å². The largest absolute Gasteiger partial charge is 0.206 e. The maximum absolute atomic E-state index is 5.42. The molecule has 0 saturated carbocycles. The van der Waals surface area contributed by atoms with Crippen LogP contribution in [0.15, 0.2) is 0 Å². The van der Waals surface area contributed by atoms with Crippen LogP contribution in [0, 0.1) is 0 Å². The van der Waals surface area contributed by atoms with Crippen LogP contribution in [0.4, 0.5) is 0 Å². The fourth-order valence-corrected chi connectivity index (χ4v) is 1.23. The highest BCUT2D eigenvalue weighted by molar-refractivity contribution is 4.68. The van der Waals surface area contributed by atoms with Gasteiger partial charge in [0.15, 0.2) is 0 Å². The van der Waals surface area contributed by atoms with Crippen molar-refractivity contribution in [3.8, 4) is 0 Å². The van der Waals surface area contributed by atoms with Gasteiger partial charge in [0.05, 0.1) is 21.2 Å². The third-order valence-corrected chi connectivity index (χ3v) is 3.28. The highest BCUT2D eigenvalue weighted by Crippen LogP contribution is 2.27. The second-order valence-corrected chi connectivity index (χ2v) is 3.74. The van der Waals surface area contributed by atoms with Crippen LogP contribution in [0.3, 0.4) is 0 Å². The Morgan fingerprint density at radius 3 is 1.64 bits per heavy atom. The SMILES string of the molecule is CCC(C)(CC)[N+](C)(C)OC. The number of hydrogen-bond acceptors (Lipinski definition) is 1. The van der Waals surface area contributed by atoms with E-state index in [1.54, 1.807) is 7.11 Å². The molecule has 68 valence electrons. The molecule has 0 aromatic rings. The molecule has 0 aromatic carbocycles. The second kappa shape index (κ2) is 3.55. The molecule has 0 radical (unpaired) electrons. The van der Waals surface area contributed by atoms with Crippen molar-refractivity contribution in [1.82, 2.24) is 0 Å². The highest BCUT2D eigenvalue weighted by Gasteiger charge is 2.39. The topological polar surface area (TPSA) is 9.23 Å². The van der Waals surface area contributed by atoms with Crippen molar-refractivity contribution >= 4 is 0 Å². The maximum atomic E-state index is 5.42. The molecule has 0 unspecified atom stereocenters. The Kier molecular flexibility index (Phi) is 3.52. The van der Waals surface area contributed by atoms with E-state index in [4.69, 9.17) is 4.84 Å². The van der Waals surface area contributed by atoms with Gasteiger partial charge < -0.3 is 0 Å². The normalized spacial score (nSPS) is 13.6. The molecule has 0 atom stereocenters. The molecular weight excluding hydrogens is 138 g/mol. The van der Waals surface area contributed by atoms with Crippen LogP contribution in [0.5, 0.6) is 0 Å². The minimum Gasteiger partial charge on any atom is -0.206 e. The van der Waals surface area contributed by atoms with E-state index >= 15 is 0 Å². The van der Waals surface area contributed by atoms with Gasteiger partial charge >= 0.3 is 0 Å². The van der Waals surface area contributed by atoms with Gasteiger partial charge in [-0.2, -0.15) is 4.65 Å². The van der Waals surface area contributed by atoms with Gasteiger partial charge in [-0.1, -0.05) is 13.8 Å². The molecule has 2 heteroatoms. The molecule has 0 saturated heterocycles. The fourth-order valence-electron chi connectivity index (χ4n) is 1.23. The van der Waals surface area contributed by atoms with Crippen LogP contribution >= 0.6 is 0 Å². The lowest BCUT2D eigenvalue weighted by Gasteiger charge is -2.42. The van der Waals surface area contributed by atoms with E-state index in [0.29, 0.717) is 4.65 Å². The smallest absolute Gasteiger partial charge is 0.125 e. The van der Waals surface area contributed by atoms with E-state index in [9.17, 15) is 0 Å². The minimum absolute atomic E-state index is 0.245. The highest BCUT2D eigenvalue weighted by atomic mass is 16.7. The summed E-state index contributed by atoms with van der Waals surface area (Å²) in [5, 5.41) is 0. The average Bonchev–Trinajstić information content (AvgIpc) is 2.02. The summed E-state index contributed by atoms with van der Waals surface area (Å²) >= 11 is 0. The minimum atomic E-state index is 0.245. The second-order valence-electron chi connectivity index (χ2n) is 3.74. The monoisotopic (exact) mass is 160 g/mol. The summed E-state index contributed by atoms with van der Waals surface area (Å²) in [6.45, 7) is 6.68. The standard InChI is InChI=1S/C9H22NO/c1-7-9(3,8-2)10(4,5)11-6/h7-8H2,1-6H3/q+1. The van der Waals surface area contributed by atoms with Gasteiger partial charge in [-0.3, -0.25) is 0 Å². The number of hydrogen-bond donors (Lipinski definition) is 0. The van der Waals surface area contributed by atoms with Crippen molar-refractivity contribution in [1.29, 1.82) is 0 Å². The van der Waals surface area contributed by atoms with Crippen LogP contribution in [0.2, 0.25) is 0 Å². The summed E-state index contributed by atoms with van der Waals surface area (Å²) in [6, 6.07) is 0. The number of rotatable bonds is 4. The Bertz CT molecular complexity index is 117. The Balaban J connectivity index is 4.47. The van der Waals surface area contributed by atoms with Crippen molar-refractivity contribution in [2.45, 2.75) is 39.2 Å². The summed E-state index contributed by atoms with van der Waals surface area (Å²) in [6.07, 6.45) is 2.29. The Labute approximate surface area is 70.7 Å². The molecule has 0 aliphatic heterocycles. The predicted octanol–water partition coefficient (Wildman–Crippen LogP) is 2.20. The van der Waals surface area contributed by atoms with Crippen LogP contribution in [-0.4, -0.2) is 31.4 Å². The first kappa shape index (κ1) is 10.9. The molecule has 0 aromatic heterocycles. The number of hydroxylamine groups is 3. The Morgan fingerprint density at radius 1 is 1.18 bits per heavy atom. The Morgan fingerprint density at radius 2 is 1.55 bits per heavy atom. The molecule has 0 amide bonds. The van der Waals surface area contributed by atoms with Crippen LogP contribution in [0.1, 0.15) is 33.6 Å². The molecule has 2 nitrogen and oxygen atoms in total. The van der Waals surface area contributed by atoms with Crippen LogP contribution in [-0.2, 0) is 4.84 Å². The summed E-state index contributed by atoms with van der Waals surface area (Å²) in [5.74, 6) is 0. The zero-order valence-electron chi connectivity index (χ0n) is 8.77. The first-order valence-corrected chi connectivity index (χ1v) is 4.33. The molecule has 0 fully saturated rings. The molecular formula is C9H22NO+. The summed E-state index contributed by atoms with van der Waals surface area (Å²) in [4.78, 5) is 5.42. The third kappa shape index (κ3) is 1.94. The van der Waals surface area contributed by atoms with Gasteiger partial charge in [0.1, 0.15) is 5.54 Å². The molecule has 0 N–H and O–H groups in total.